The predicted molar refractivity (Wildman–Crippen MR) is 83.3 cm³/mol. The van der Waals surface area contributed by atoms with E-state index in [1.807, 2.05) is 6.92 Å². The van der Waals surface area contributed by atoms with E-state index >= 15 is 0 Å². The maximum absolute atomic E-state index is 12.6. The topological polar surface area (TPSA) is 54.3 Å². The van der Waals surface area contributed by atoms with E-state index in [2.05, 4.69) is 15.8 Å². The lowest BCUT2D eigenvalue weighted by atomic mass is 10.4. The summed E-state index contributed by atoms with van der Waals surface area (Å²) in [5, 5.41) is 3.26. The first-order valence-electron chi connectivity index (χ1n) is 7.39. The van der Waals surface area contributed by atoms with E-state index in [-0.39, 0.29) is 6.54 Å². The molecule has 0 spiro atoms. The molecule has 0 radical (unpaired) electrons. The summed E-state index contributed by atoms with van der Waals surface area (Å²) in [6.45, 7) is 5.86. The van der Waals surface area contributed by atoms with Crippen molar-refractivity contribution in [3.8, 4) is 12.3 Å². The average Bonchev–Trinajstić information content (AvgIpc) is 3.21. The summed E-state index contributed by atoms with van der Waals surface area (Å²) in [5.74, 6) is 2.41. The molecule has 0 saturated heterocycles. The molecule has 0 bridgehead atoms. The van der Waals surface area contributed by atoms with Gasteiger partial charge in [-0.25, -0.2) is 8.42 Å². The molecule has 1 N–H and O–H groups in total. The fourth-order valence-corrected chi connectivity index (χ4v) is 3.76. The first-order valence-corrected chi connectivity index (χ1v) is 8.83. The minimum absolute atomic E-state index is 0.107. The molecule has 2 rings (SSSR count). The molecule has 0 aliphatic heterocycles. The largest absolute Gasteiger partial charge is 0.346 e. The smallest absolute Gasteiger partial charge is 0.245 e. The standard InChI is InChI=1S/C15H23N3O2S/c1-4-9-17(6-3)21(19,20)15-10-14(11-16-5-2)18(12-15)13-7-8-13/h1,10,12-13,16H,5-9,11H2,2-3H3. The molecule has 0 unspecified atom stereocenters. The van der Waals surface area contributed by atoms with E-state index in [0.717, 1.165) is 25.1 Å². The van der Waals surface area contributed by atoms with Gasteiger partial charge in [0.1, 0.15) is 4.90 Å². The van der Waals surface area contributed by atoms with Gasteiger partial charge in [0.15, 0.2) is 0 Å². The first kappa shape index (κ1) is 16.1. The van der Waals surface area contributed by atoms with Crippen molar-refractivity contribution in [1.29, 1.82) is 0 Å². The minimum Gasteiger partial charge on any atom is -0.346 e. The van der Waals surface area contributed by atoms with E-state index < -0.39 is 10.0 Å². The molecule has 6 heteroatoms. The Morgan fingerprint density at radius 3 is 2.71 bits per heavy atom. The van der Waals surface area contributed by atoms with Gasteiger partial charge >= 0.3 is 0 Å². The molecular weight excluding hydrogens is 286 g/mol. The van der Waals surface area contributed by atoms with Gasteiger partial charge in [-0.1, -0.05) is 19.8 Å². The molecule has 0 amide bonds. The van der Waals surface area contributed by atoms with Crippen LogP contribution in [0.2, 0.25) is 0 Å². The fourth-order valence-electron chi connectivity index (χ4n) is 2.34. The van der Waals surface area contributed by atoms with Crippen molar-refractivity contribution in [3.05, 3.63) is 18.0 Å². The zero-order chi connectivity index (χ0) is 15.5. The van der Waals surface area contributed by atoms with Crippen LogP contribution in [0.25, 0.3) is 0 Å². The molecular formula is C15H23N3O2S. The number of hydrogen-bond acceptors (Lipinski definition) is 3. The molecule has 1 saturated carbocycles. The summed E-state index contributed by atoms with van der Waals surface area (Å²) in [7, 11) is -3.50. The van der Waals surface area contributed by atoms with Crippen LogP contribution in [0.5, 0.6) is 0 Å². The summed E-state index contributed by atoms with van der Waals surface area (Å²) < 4.78 is 28.7. The zero-order valence-electron chi connectivity index (χ0n) is 12.7. The van der Waals surface area contributed by atoms with Gasteiger partial charge < -0.3 is 9.88 Å². The van der Waals surface area contributed by atoms with Crippen LogP contribution in [0.15, 0.2) is 17.2 Å². The Bertz CT molecular complexity index is 624. The van der Waals surface area contributed by atoms with Crippen molar-refractivity contribution in [3.63, 3.8) is 0 Å². The number of hydrogen-bond donors (Lipinski definition) is 1. The van der Waals surface area contributed by atoms with E-state index in [0.29, 0.717) is 24.0 Å². The Morgan fingerprint density at radius 1 is 1.48 bits per heavy atom. The van der Waals surface area contributed by atoms with E-state index in [1.54, 1.807) is 19.2 Å². The lowest BCUT2D eigenvalue weighted by molar-refractivity contribution is 0.464. The molecule has 1 fully saturated rings. The van der Waals surface area contributed by atoms with Crippen LogP contribution in [0, 0.1) is 12.3 Å². The third kappa shape index (κ3) is 3.49. The van der Waals surface area contributed by atoms with Crippen molar-refractivity contribution in [2.24, 2.45) is 0 Å². The predicted octanol–water partition coefficient (Wildman–Crippen LogP) is 1.58. The summed E-state index contributed by atoms with van der Waals surface area (Å²) in [5.41, 5.74) is 1.02. The Labute approximate surface area is 127 Å². The summed E-state index contributed by atoms with van der Waals surface area (Å²) in [6, 6.07) is 2.22. The highest BCUT2D eigenvalue weighted by atomic mass is 32.2. The molecule has 116 valence electrons. The number of terminal acetylenes is 1. The highest BCUT2D eigenvalue weighted by molar-refractivity contribution is 7.89. The number of rotatable bonds is 8. The van der Waals surface area contributed by atoms with E-state index in [4.69, 9.17) is 6.42 Å². The summed E-state index contributed by atoms with van der Waals surface area (Å²) in [4.78, 5) is 0.347. The summed E-state index contributed by atoms with van der Waals surface area (Å²) in [6.07, 6.45) is 9.27. The first-order chi connectivity index (χ1) is 10.0. The van der Waals surface area contributed by atoms with Crippen molar-refractivity contribution in [1.82, 2.24) is 14.2 Å². The third-order valence-corrected chi connectivity index (χ3v) is 5.55. The molecule has 1 heterocycles. The normalized spacial score (nSPS) is 15.3. The molecule has 1 aliphatic carbocycles. The van der Waals surface area contributed by atoms with Crippen LogP contribution in [0.4, 0.5) is 0 Å². The second kappa shape index (κ2) is 6.65. The second-order valence-corrected chi connectivity index (χ2v) is 7.16. The highest BCUT2D eigenvalue weighted by Gasteiger charge is 2.30. The molecule has 1 aromatic rings. The molecule has 5 nitrogen and oxygen atoms in total. The van der Waals surface area contributed by atoms with Crippen LogP contribution in [-0.4, -0.2) is 36.9 Å². The maximum atomic E-state index is 12.6. The van der Waals surface area contributed by atoms with Crippen molar-refractivity contribution >= 4 is 10.0 Å². The van der Waals surface area contributed by atoms with Gasteiger partial charge in [0, 0.05) is 31.0 Å². The number of nitrogens with one attached hydrogen (secondary N) is 1. The lowest BCUT2D eigenvalue weighted by Gasteiger charge is -2.16. The third-order valence-electron chi connectivity index (χ3n) is 3.66. The molecule has 0 atom stereocenters. The fraction of sp³-hybridized carbons (Fsp3) is 0.600. The van der Waals surface area contributed by atoms with Crippen molar-refractivity contribution in [2.75, 3.05) is 19.6 Å². The molecule has 0 aromatic carbocycles. The second-order valence-electron chi connectivity index (χ2n) is 5.22. The minimum atomic E-state index is -3.50. The van der Waals surface area contributed by atoms with Gasteiger partial charge in [0.05, 0.1) is 6.54 Å². The zero-order valence-corrected chi connectivity index (χ0v) is 13.5. The number of aromatic nitrogens is 1. The molecule has 21 heavy (non-hydrogen) atoms. The van der Waals surface area contributed by atoms with Gasteiger partial charge in [-0.2, -0.15) is 4.31 Å². The van der Waals surface area contributed by atoms with Gasteiger partial charge in [-0.05, 0) is 25.5 Å². The SMILES string of the molecule is C#CCN(CC)S(=O)(=O)c1cc(CNCC)n(C2CC2)c1. The van der Waals surface area contributed by atoms with Crippen LogP contribution >= 0.6 is 0 Å². The molecule has 1 aliphatic rings. The lowest BCUT2D eigenvalue weighted by Crippen LogP contribution is -2.31. The van der Waals surface area contributed by atoms with Gasteiger partial charge in [0.25, 0.3) is 0 Å². The van der Waals surface area contributed by atoms with Crippen LogP contribution < -0.4 is 5.32 Å². The monoisotopic (exact) mass is 309 g/mol. The van der Waals surface area contributed by atoms with E-state index in [9.17, 15) is 8.42 Å². The highest BCUT2D eigenvalue weighted by Crippen LogP contribution is 2.37. The maximum Gasteiger partial charge on any atom is 0.245 e. The van der Waals surface area contributed by atoms with Crippen molar-refractivity contribution in [2.45, 2.75) is 44.2 Å². The van der Waals surface area contributed by atoms with Gasteiger partial charge in [-0.3, -0.25) is 0 Å². The Hall–Kier alpha value is -1.29. The van der Waals surface area contributed by atoms with Gasteiger partial charge in [-0.15, -0.1) is 6.42 Å². The summed E-state index contributed by atoms with van der Waals surface area (Å²) >= 11 is 0. The van der Waals surface area contributed by atoms with Gasteiger partial charge in [0.2, 0.25) is 10.0 Å². The quantitative estimate of drug-likeness (QED) is 0.742. The number of sulfonamides is 1. The van der Waals surface area contributed by atoms with Crippen molar-refractivity contribution < 1.29 is 8.42 Å². The van der Waals surface area contributed by atoms with Crippen LogP contribution in [0.3, 0.4) is 0 Å². The van der Waals surface area contributed by atoms with Crippen LogP contribution in [-0.2, 0) is 16.6 Å². The average molecular weight is 309 g/mol. The molecule has 1 aromatic heterocycles. The Balaban J connectivity index is 2.32. The Kier molecular flexibility index (Phi) is 5.09. The number of nitrogens with zero attached hydrogens (tertiary/aromatic N) is 2. The Morgan fingerprint density at radius 2 is 2.19 bits per heavy atom. The van der Waals surface area contributed by atoms with Crippen LogP contribution in [0.1, 0.15) is 38.4 Å². The van der Waals surface area contributed by atoms with E-state index in [1.165, 1.54) is 4.31 Å².